The van der Waals surface area contributed by atoms with E-state index in [-0.39, 0.29) is 17.9 Å². The number of amides is 1. The fourth-order valence-electron chi connectivity index (χ4n) is 4.41. The highest BCUT2D eigenvalue weighted by Crippen LogP contribution is 2.50. The first kappa shape index (κ1) is 19.0. The average Bonchev–Trinajstić information content (AvgIpc) is 3.38. The standard InChI is InChI=1S/C23H21F3N2O2/c24-23(25,26)15-3-1-13(2-4-15)14-9-17(10-14)30-16-5-6-20-18(11-16)19(12-28-20)22(7-8-22)21(27)29/h1-6,11-12,14,17,28H,7-10H2,(H2,27,29)/t14-,17-. The number of primary amides is 1. The summed E-state index contributed by atoms with van der Waals surface area (Å²) < 4.78 is 44.2. The van der Waals surface area contributed by atoms with Crippen molar-refractivity contribution in [1.82, 2.24) is 4.98 Å². The second-order valence-corrected chi connectivity index (χ2v) is 8.38. The van der Waals surface area contributed by atoms with Crippen LogP contribution in [0.15, 0.2) is 48.7 Å². The van der Waals surface area contributed by atoms with E-state index in [0.29, 0.717) is 0 Å². The van der Waals surface area contributed by atoms with Crippen LogP contribution < -0.4 is 10.5 Å². The molecule has 0 unspecified atom stereocenters. The normalized spacial score (nSPS) is 22.5. The van der Waals surface area contributed by atoms with Crippen LogP contribution in [0.25, 0.3) is 10.9 Å². The minimum Gasteiger partial charge on any atom is -0.490 e. The molecule has 2 aromatic carbocycles. The summed E-state index contributed by atoms with van der Waals surface area (Å²) in [5.41, 5.74) is 7.19. The maximum absolute atomic E-state index is 12.7. The predicted molar refractivity (Wildman–Crippen MR) is 106 cm³/mol. The summed E-state index contributed by atoms with van der Waals surface area (Å²) in [7, 11) is 0. The van der Waals surface area contributed by atoms with Crippen LogP contribution in [0.2, 0.25) is 0 Å². The number of rotatable bonds is 5. The molecule has 2 saturated carbocycles. The Labute approximate surface area is 171 Å². The molecule has 3 N–H and O–H groups in total. The number of alkyl halides is 3. The van der Waals surface area contributed by atoms with E-state index < -0.39 is 17.2 Å². The lowest BCUT2D eigenvalue weighted by atomic mass is 9.77. The molecule has 156 valence electrons. The molecule has 4 nitrogen and oxygen atoms in total. The molecular formula is C23H21F3N2O2. The monoisotopic (exact) mass is 414 g/mol. The van der Waals surface area contributed by atoms with Gasteiger partial charge in [0.15, 0.2) is 0 Å². The number of fused-ring (bicyclic) bond motifs is 1. The lowest BCUT2D eigenvalue weighted by molar-refractivity contribution is -0.137. The molecule has 0 saturated heterocycles. The first-order valence-electron chi connectivity index (χ1n) is 10.0. The highest BCUT2D eigenvalue weighted by molar-refractivity contribution is 5.97. The van der Waals surface area contributed by atoms with Crippen molar-refractivity contribution in [2.24, 2.45) is 5.73 Å². The zero-order valence-electron chi connectivity index (χ0n) is 16.1. The Kier molecular flexibility index (Phi) is 4.14. The number of carbonyl (C=O) groups excluding carboxylic acids is 1. The number of nitrogens with two attached hydrogens (primary N) is 1. The number of hydrogen-bond donors (Lipinski definition) is 2. The number of nitrogens with one attached hydrogen (secondary N) is 1. The molecule has 2 fully saturated rings. The summed E-state index contributed by atoms with van der Waals surface area (Å²) in [6.07, 6.45) is 0.602. The first-order chi connectivity index (χ1) is 14.3. The largest absolute Gasteiger partial charge is 0.490 e. The van der Waals surface area contributed by atoms with E-state index in [2.05, 4.69) is 4.98 Å². The molecule has 5 rings (SSSR count). The average molecular weight is 414 g/mol. The van der Waals surface area contributed by atoms with Gasteiger partial charge in [0.2, 0.25) is 5.91 Å². The summed E-state index contributed by atoms with van der Waals surface area (Å²) in [6.45, 7) is 0. The second-order valence-electron chi connectivity index (χ2n) is 8.38. The number of H-pyrrole nitrogens is 1. The molecule has 0 spiro atoms. The number of benzene rings is 2. The third-order valence-corrected chi connectivity index (χ3v) is 6.50. The van der Waals surface area contributed by atoms with Gasteiger partial charge >= 0.3 is 6.18 Å². The Morgan fingerprint density at radius 1 is 1.10 bits per heavy atom. The smallest absolute Gasteiger partial charge is 0.416 e. The van der Waals surface area contributed by atoms with E-state index in [1.807, 2.05) is 24.4 Å². The van der Waals surface area contributed by atoms with E-state index >= 15 is 0 Å². The molecule has 0 atom stereocenters. The molecule has 2 aliphatic carbocycles. The number of carbonyl (C=O) groups is 1. The maximum atomic E-state index is 12.7. The molecule has 7 heteroatoms. The molecular weight excluding hydrogens is 393 g/mol. The Morgan fingerprint density at radius 3 is 2.40 bits per heavy atom. The third kappa shape index (κ3) is 3.13. The summed E-state index contributed by atoms with van der Waals surface area (Å²) in [5.74, 6) is 0.626. The first-order valence-corrected chi connectivity index (χ1v) is 10.0. The Morgan fingerprint density at radius 2 is 1.80 bits per heavy atom. The minimum absolute atomic E-state index is 0.0168. The molecule has 1 amide bonds. The molecule has 3 aromatic rings. The fraction of sp³-hybridized carbons (Fsp3) is 0.348. The van der Waals surface area contributed by atoms with Gasteiger partial charge in [0, 0.05) is 17.1 Å². The van der Waals surface area contributed by atoms with Crippen molar-refractivity contribution < 1.29 is 22.7 Å². The summed E-state index contributed by atoms with van der Waals surface area (Å²) in [4.78, 5) is 15.1. The number of halogens is 3. The lowest BCUT2D eigenvalue weighted by Gasteiger charge is -2.36. The van der Waals surface area contributed by atoms with E-state index in [0.717, 1.165) is 65.6 Å². The quantitative estimate of drug-likeness (QED) is 0.615. The van der Waals surface area contributed by atoms with Crippen LogP contribution >= 0.6 is 0 Å². The van der Waals surface area contributed by atoms with Crippen molar-refractivity contribution in [3.05, 3.63) is 65.4 Å². The van der Waals surface area contributed by atoms with Gasteiger partial charge in [0.05, 0.1) is 17.1 Å². The van der Waals surface area contributed by atoms with Crippen LogP contribution in [0.4, 0.5) is 13.2 Å². The van der Waals surface area contributed by atoms with Crippen LogP contribution in [0.1, 0.15) is 48.3 Å². The number of aromatic nitrogens is 1. The van der Waals surface area contributed by atoms with Crippen LogP contribution in [-0.4, -0.2) is 17.0 Å². The Hall–Kier alpha value is -2.96. The van der Waals surface area contributed by atoms with E-state index in [9.17, 15) is 18.0 Å². The van der Waals surface area contributed by atoms with Crippen LogP contribution in [0, 0.1) is 0 Å². The summed E-state index contributed by atoms with van der Waals surface area (Å²) in [5, 5.41) is 0.947. The molecule has 1 heterocycles. The van der Waals surface area contributed by atoms with Crippen molar-refractivity contribution in [3.63, 3.8) is 0 Å². The van der Waals surface area contributed by atoms with Gasteiger partial charge in [-0.1, -0.05) is 12.1 Å². The van der Waals surface area contributed by atoms with Crippen molar-refractivity contribution >= 4 is 16.8 Å². The van der Waals surface area contributed by atoms with Gasteiger partial charge in [-0.05, 0) is 73.1 Å². The van der Waals surface area contributed by atoms with Gasteiger partial charge in [0.25, 0.3) is 0 Å². The number of aromatic amines is 1. The molecule has 1 aromatic heterocycles. The van der Waals surface area contributed by atoms with Crippen molar-refractivity contribution in [1.29, 1.82) is 0 Å². The van der Waals surface area contributed by atoms with Crippen molar-refractivity contribution in [2.75, 3.05) is 0 Å². The van der Waals surface area contributed by atoms with Gasteiger partial charge in [-0.3, -0.25) is 4.79 Å². The third-order valence-electron chi connectivity index (χ3n) is 6.50. The molecule has 0 bridgehead atoms. The zero-order chi connectivity index (χ0) is 21.1. The summed E-state index contributed by atoms with van der Waals surface area (Å²) in [6, 6.07) is 11.1. The maximum Gasteiger partial charge on any atom is 0.416 e. The minimum atomic E-state index is -4.31. The Bertz CT molecular complexity index is 1110. The fourth-order valence-corrected chi connectivity index (χ4v) is 4.41. The van der Waals surface area contributed by atoms with Gasteiger partial charge in [-0.25, -0.2) is 0 Å². The molecule has 2 aliphatic rings. The highest BCUT2D eigenvalue weighted by atomic mass is 19.4. The van der Waals surface area contributed by atoms with E-state index in [4.69, 9.17) is 10.5 Å². The number of hydrogen-bond acceptors (Lipinski definition) is 2. The van der Waals surface area contributed by atoms with Crippen molar-refractivity contribution in [2.45, 2.75) is 49.3 Å². The van der Waals surface area contributed by atoms with Crippen LogP contribution in [0.3, 0.4) is 0 Å². The predicted octanol–water partition coefficient (Wildman–Crippen LogP) is 5.03. The number of ether oxygens (including phenoxy) is 1. The van der Waals surface area contributed by atoms with Gasteiger partial charge < -0.3 is 15.5 Å². The van der Waals surface area contributed by atoms with Crippen LogP contribution in [-0.2, 0) is 16.4 Å². The topological polar surface area (TPSA) is 68.1 Å². The Balaban J connectivity index is 1.27. The molecule has 30 heavy (non-hydrogen) atoms. The lowest BCUT2D eigenvalue weighted by Crippen LogP contribution is -2.32. The SMILES string of the molecule is NC(=O)C1(c2c[nH]c3ccc(O[C@H]4C[C@H](c5ccc(C(F)(F)F)cc5)C4)cc23)CC1. The highest BCUT2D eigenvalue weighted by Gasteiger charge is 2.51. The van der Waals surface area contributed by atoms with E-state index in [1.165, 1.54) is 0 Å². The van der Waals surface area contributed by atoms with Gasteiger partial charge in [-0.15, -0.1) is 0 Å². The zero-order valence-corrected chi connectivity index (χ0v) is 16.1. The van der Waals surface area contributed by atoms with Gasteiger partial charge in [-0.2, -0.15) is 13.2 Å². The second kappa shape index (κ2) is 6.52. The van der Waals surface area contributed by atoms with E-state index in [1.54, 1.807) is 12.1 Å². The molecule has 0 aliphatic heterocycles. The molecule has 0 radical (unpaired) electrons. The van der Waals surface area contributed by atoms with Crippen molar-refractivity contribution in [3.8, 4) is 5.75 Å². The summed E-state index contributed by atoms with van der Waals surface area (Å²) >= 11 is 0. The van der Waals surface area contributed by atoms with Gasteiger partial charge in [0.1, 0.15) is 5.75 Å². The van der Waals surface area contributed by atoms with Crippen LogP contribution in [0.5, 0.6) is 5.75 Å².